The van der Waals surface area contributed by atoms with Crippen LogP contribution in [0.1, 0.15) is 4.88 Å². The molecule has 1 heterocycles. The molecule has 0 bridgehead atoms. The molecule has 2 rings (SSSR count). The fourth-order valence-electron chi connectivity index (χ4n) is 1.38. The van der Waals surface area contributed by atoms with Gasteiger partial charge in [0.25, 0.3) is 0 Å². The molecule has 19 heavy (non-hydrogen) atoms. The molecule has 0 saturated carbocycles. The molecule has 8 heteroatoms. The highest BCUT2D eigenvalue weighted by Gasteiger charge is 2.25. The Morgan fingerprint density at radius 1 is 0.895 bits per heavy atom. The largest absolute Gasteiger partial charge is 0.375 e. The van der Waals surface area contributed by atoms with E-state index in [-0.39, 0.29) is 6.54 Å². The Balaban J connectivity index is 2.30. The molecule has 0 unspecified atom stereocenters. The second-order valence-electron chi connectivity index (χ2n) is 3.50. The van der Waals surface area contributed by atoms with Gasteiger partial charge in [0.05, 0.1) is 3.79 Å². The summed E-state index contributed by atoms with van der Waals surface area (Å²) in [6, 6.07) is 3.37. The quantitative estimate of drug-likeness (QED) is 0.471. The normalized spacial score (nSPS) is 10.8. The second-order valence-corrected chi connectivity index (χ2v) is 6.05. The second kappa shape index (κ2) is 5.46. The van der Waals surface area contributed by atoms with E-state index in [0.29, 0.717) is 4.88 Å². The van der Waals surface area contributed by atoms with Crippen molar-refractivity contribution < 1.29 is 22.0 Å². The molecular formula is C11H5BrF5NS. The highest BCUT2D eigenvalue weighted by molar-refractivity contribution is 9.11. The van der Waals surface area contributed by atoms with Crippen LogP contribution in [0.4, 0.5) is 27.6 Å². The molecule has 0 aliphatic carbocycles. The third-order valence-electron chi connectivity index (χ3n) is 2.28. The maximum atomic E-state index is 13.3. The van der Waals surface area contributed by atoms with Crippen LogP contribution in [0.5, 0.6) is 0 Å². The molecule has 0 aliphatic rings. The first kappa shape index (κ1) is 14.3. The highest BCUT2D eigenvalue weighted by Crippen LogP contribution is 2.28. The maximum absolute atomic E-state index is 13.3. The zero-order valence-electron chi connectivity index (χ0n) is 9.04. The molecule has 2 aromatic rings. The summed E-state index contributed by atoms with van der Waals surface area (Å²) >= 11 is 4.47. The Bertz CT molecular complexity index is 599. The van der Waals surface area contributed by atoms with Gasteiger partial charge in [-0.1, -0.05) is 0 Å². The van der Waals surface area contributed by atoms with Crippen LogP contribution >= 0.6 is 27.3 Å². The van der Waals surface area contributed by atoms with Crippen molar-refractivity contribution in [3.05, 3.63) is 49.9 Å². The predicted molar refractivity (Wildman–Crippen MR) is 65.6 cm³/mol. The molecule has 0 fully saturated rings. The predicted octanol–water partition coefficient (Wildman–Crippen LogP) is 4.82. The van der Waals surface area contributed by atoms with E-state index in [4.69, 9.17) is 0 Å². The number of nitrogens with one attached hydrogen (secondary N) is 1. The standard InChI is InChI=1S/C11H5BrF5NS/c12-5-2-1-4(19-5)3-18-11-9(16)7(14)6(13)8(15)10(11)17/h1-2,18H,3H2. The Hall–Kier alpha value is -1.15. The Labute approximate surface area is 117 Å². The van der Waals surface area contributed by atoms with Crippen LogP contribution in [0.2, 0.25) is 0 Å². The van der Waals surface area contributed by atoms with E-state index in [0.717, 1.165) is 3.79 Å². The molecule has 1 aromatic heterocycles. The monoisotopic (exact) mass is 357 g/mol. The lowest BCUT2D eigenvalue weighted by Gasteiger charge is -2.09. The highest BCUT2D eigenvalue weighted by atomic mass is 79.9. The van der Waals surface area contributed by atoms with Crippen LogP contribution in [0.15, 0.2) is 15.9 Å². The van der Waals surface area contributed by atoms with Crippen molar-refractivity contribution >= 4 is 33.0 Å². The number of anilines is 1. The smallest absolute Gasteiger partial charge is 0.200 e. The molecule has 1 aromatic carbocycles. The molecule has 0 spiro atoms. The van der Waals surface area contributed by atoms with E-state index < -0.39 is 34.8 Å². The molecule has 0 radical (unpaired) electrons. The van der Waals surface area contributed by atoms with Crippen molar-refractivity contribution in [3.63, 3.8) is 0 Å². The van der Waals surface area contributed by atoms with Gasteiger partial charge >= 0.3 is 0 Å². The molecule has 0 atom stereocenters. The Kier molecular flexibility index (Phi) is 4.10. The zero-order chi connectivity index (χ0) is 14.2. The average Bonchev–Trinajstić information content (AvgIpc) is 2.80. The van der Waals surface area contributed by atoms with Gasteiger partial charge in [-0.2, -0.15) is 0 Å². The number of thiophene rings is 1. The van der Waals surface area contributed by atoms with Crippen LogP contribution in [0.3, 0.4) is 0 Å². The summed E-state index contributed by atoms with van der Waals surface area (Å²) in [7, 11) is 0. The van der Waals surface area contributed by atoms with E-state index in [1.807, 2.05) is 0 Å². The first-order chi connectivity index (χ1) is 8.91. The third kappa shape index (κ3) is 2.74. The summed E-state index contributed by atoms with van der Waals surface area (Å²) < 4.78 is 66.1. The first-order valence-electron chi connectivity index (χ1n) is 4.91. The summed E-state index contributed by atoms with van der Waals surface area (Å²) in [4.78, 5) is 0.677. The van der Waals surface area contributed by atoms with Crippen molar-refractivity contribution in [2.24, 2.45) is 0 Å². The average molecular weight is 358 g/mol. The van der Waals surface area contributed by atoms with Gasteiger partial charge in [-0.15, -0.1) is 11.3 Å². The van der Waals surface area contributed by atoms with Crippen LogP contribution in [0, 0.1) is 29.1 Å². The summed E-state index contributed by atoms with van der Waals surface area (Å²) in [6.45, 7) is -0.0470. The van der Waals surface area contributed by atoms with Gasteiger partial charge in [0.1, 0.15) is 5.69 Å². The van der Waals surface area contributed by atoms with Gasteiger partial charge < -0.3 is 5.32 Å². The van der Waals surface area contributed by atoms with Gasteiger partial charge in [-0.25, -0.2) is 22.0 Å². The van der Waals surface area contributed by atoms with Crippen molar-refractivity contribution in [2.45, 2.75) is 6.54 Å². The van der Waals surface area contributed by atoms with Gasteiger partial charge in [-0.3, -0.25) is 0 Å². The van der Waals surface area contributed by atoms with Crippen molar-refractivity contribution in [1.29, 1.82) is 0 Å². The van der Waals surface area contributed by atoms with E-state index in [2.05, 4.69) is 21.2 Å². The zero-order valence-corrected chi connectivity index (χ0v) is 11.4. The summed E-state index contributed by atoms with van der Waals surface area (Å²) in [5.41, 5.74) is -1.03. The first-order valence-corrected chi connectivity index (χ1v) is 6.52. The fraction of sp³-hybridized carbons (Fsp3) is 0.0909. The Morgan fingerprint density at radius 3 is 1.89 bits per heavy atom. The van der Waals surface area contributed by atoms with Gasteiger partial charge in [0.15, 0.2) is 23.3 Å². The molecule has 1 N–H and O–H groups in total. The van der Waals surface area contributed by atoms with E-state index in [1.54, 1.807) is 12.1 Å². The minimum absolute atomic E-state index is 0.0470. The molecular weight excluding hydrogens is 353 g/mol. The van der Waals surface area contributed by atoms with E-state index in [9.17, 15) is 22.0 Å². The van der Waals surface area contributed by atoms with Crippen LogP contribution in [-0.2, 0) is 6.54 Å². The van der Waals surface area contributed by atoms with Crippen molar-refractivity contribution in [3.8, 4) is 0 Å². The molecule has 102 valence electrons. The summed E-state index contributed by atoms with van der Waals surface area (Å²) in [5.74, 6) is -9.83. The lowest BCUT2D eigenvalue weighted by molar-refractivity contribution is 0.381. The lowest BCUT2D eigenvalue weighted by atomic mass is 10.2. The van der Waals surface area contributed by atoms with Crippen LogP contribution < -0.4 is 5.32 Å². The minimum atomic E-state index is -2.17. The number of hydrogen-bond donors (Lipinski definition) is 1. The van der Waals surface area contributed by atoms with Gasteiger partial charge in [-0.05, 0) is 28.1 Å². The topological polar surface area (TPSA) is 12.0 Å². The lowest BCUT2D eigenvalue weighted by Crippen LogP contribution is -2.09. The van der Waals surface area contributed by atoms with Crippen molar-refractivity contribution in [1.82, 2.24) is 0 Å². The molecule has 1 nitrogen and oxygen atoms in total. The third-order valence-corrected chi connectivity index (χ3v) is 3.90. The van der Waals surface area contributed by atoms with E-state index in [1.165, 1.54) is 11.3 Å². The SMILES string of the molecule is Fc1c(F)c(F)c(NCc2ccc(Br)s2)c(F)c1F. The Morgan fingerprint density at radius 2 is 1.42 bits per heavy atom. The summed E-state index contributed by atoms with van der Waals surface area (Å²) in [6.07, 6.45) is 0. The number of hydrogen-bond acceptors (Lipinski definition) is 2. The van der Waals surface area contributed by atoms with Gasteiger partial charge in [0.2, 0.25) is 5.82 Å². The summed E-state index contributed by atoms with van der Waals surface area (Å²) in [5, 5.41) is 2.21. The minimum Gasteiger partial charge on any atom is -0.375 e. The molecule has 0 amide bonds. The van der Waals surface area contributed by atoms with Gasteiger partial charge in [0, 0.05) is 11.4 Å². The number of benzene rings is 1. The number of rotatable bonds is 3. The maximum Gasteiger partial charge on any atom is 0.200 e. The van der Waals surface area contributed by atoms with Crippen LogP contribution in [-0.4, -0.2) is 0 Å². The molecule has 0 aliphatic heterocycles. The molecule has 0 saturated heterocycles. The van der Waals surface area contributed by atoms with E-state index >= 15 is 0 Å². The van der Waals surface area contributed by atoms with Crippen LogP contribution in [0.25, 0.3) is 0 Å². The number of halogens is 6. The fourth-order valence-corrected chi connectivity index (χ4v) is 2.81. The van der Waals surface area contributed by atoms with Crippen molar-refractivity contribution in [2.75, 3.05) is 5.32 Å².